The summed E-state index contributed by atoms with van der Waals surface area (Å²) < 4.78 is 27.1. The summed E-state index contributed by atoms with van der Waals surface area (Å²) in [6.45, 7) is 0.471. The van der Waals surface area contributed by atoms with Gasteiger partial charge >= 0.3 is 0 Å². The molecule has 0 saturated carbocycles. The second kappa shape index (κ2) is 4.68. The molecule has 1 aliphatic heterocycles. The van der Waals surface area contributed by atoms with Crippen LogP contribution in [0.2, 0.25) is 5.02 Å². The van der Waals surface area contributed by atoms with E-state index in [0.29, 0.717) is 24.4 Å². The molecule has 0 aromatic heterocycles. The number of hydrogen-bond donors (Lipinski definition) is 1. The molecule has 1 aromatic rings. The van der Waals surface area contributed by atoms with Crippen LogP contribution in [0.3, 0.4) is 0 Å². The van der Waals surface area contributed by atoms with Gasteiger partial charge in [-0.1, -0.05) is 23.7 Å². The molecule has 0 aliphatic carbocycles. The summed E-state index contributed by atoms with van der Waals surface area (Å²) in [4.78, 5) is 0. The number of hydrogen-bond acceptors (Lipinski definition) is 1. The maximum Gasteiger partial charge on any atom is 0.263 e. The van der Waals surface area contributed by atoms with Crippen LogP contribution in [0.4, 0.5) is 8.78 Å². The van der Waals surface area contributed by atoms with Crippen molar-refractivity contribution in [2.24, 2.45) is 5.92 Å². The molecule has 1 N–H and O–H groups in total. The summed E-state index contributed by atoms with van der Waals surface area (Å²) in [6, 6.07) is 7.13. The van der Waals surface area contributed by atoms with Crippen molar-refractivity contribution in [2.75, 3.05) is 13.1 Å². The Labute approximate surface area is 98.8 Å². The second-order valence-corrected chi connectivity index (χ2v) is 4.69. The second-order valence-electron chi connectivity index (χ2n) is 4.25. The monoisotopic (exact) mass is 245 g/mol. The van der Waals surface area contributed by atoms with Crippen LogP contribution in [0.15, 0.2) is 24.3 Å². The van der Waals surface area contributed by atoms with Gasteiger partial charge in [0.1, 0.15) is 0 Å². The molecule has 0 amide bonds. The molecule has 0 spiro atoms. The Bertz CT molecular complexity index is 351. The van der Waals surface area contributed by atoms with Gasteiger partial charge in [0.25, 0.3) is 5.92 Å². The number of rotatable bonds is 2. The highest BCUT2D eigenvalue weighted by Crippen LogP contribution is 2.32. The zero-order valence-electron chi connectivity index (χ0n) is 8.85. The zero-order valence-corrected chi connectivity index (χ0v) is 9.61. The van der Waals surface area contributed by atoms with E-state index in [1.54, 1.807) is 12.1 Å². The van der Waals surface area contributed by atoms with Crippen molar-refractivity contribution in [3.8, 4) is 0 Å². The molecular formula is C12H14ClF2N. The van der Waals surface area contributed by atoms with Crippen LogP contribution in [-0.2, 0) is 6.42 Å². The third kappa shape index (κ3) is 2.71. The Morgan fingerprint density at radius 2 is 2.00 bits per heavy atom. The van der Waals surface area contributed by atoms with Gasteiger partial charge in [-0.25, -0.2) is 8.78 Å². The first-order valence-electron chi connectivity index (χ1n) is 5.41. The van der Waals surface area contributed by atoms with Crippen LogP contribution >= 0.6 is 11.6 Å². The molecule has 0 radical (unpaired) electrons. The summed E-state index contributed by atoms with van der Waals surface area (Å²) >= 11 is 5.75. The Balaban J connectivity index is 2.05. The SMILES string of the molecule is FC1(F)CNCCC1Cc1ccc(Cl)cc1. The molecule has 1 saturated heterocycles. The van der Waals surface area contributed by atoms with E-state index in [0.717, 1.165) is 5.56 Å². The highest BCUT2D eigenvalue weighted by atomic mass is 35.5. The van der Waals surface area contributed by atoms with E-state index in [2.05, 4.69) is 5.32 Å². The van der Waals surface area contributed by atoms with E-state index in [1.165, 1.54) is 0 Å². The van der Waals surface area contributed by atoms with Crippen molar-refractivity contribution >= 4 is 11.6 Å². The molecule has 88 valence electrons. The first-order chi connectivity index (χ1) is 7.58. The first kappa shape index (κ1) is 11.8. The molecule has 4 heteroatoms. The molecule has 1 fully saturated rings. The first-order valence-corrected chi connectivity index (χ1v) is 5.79. The highest BCUT2D eigenvalue weighted by Gasteiger charge is 2.41. The highest BCUT2D eigenvalue weighted by molar-refractivity contribution is 6.30. The molecule has 2 rings (SSSR count). The summed E-state index contributed by atoms with van der Waals surface area (Å²) in [6.07, 6.45) is 0.946. The standard InChI is InChI=1S/C12H14ClF2N/c13-11-3-1-9(2-4-11)7-10-5-6-16-8-12(10,14)15/h1-4,10,16H,5-8H2. The predicted molar refractivity (Wildman–Crippen MR) is 61.1 cm³/mol. The summed E-state index contributed by atoms with van der Waals surface area (Å²) in [5.74, 6) is -3.16. The van der Waals surface area contributed by atoms with Crippen molar-refractivity contribution in [2.45, 2.75) is 18.8 Å². The topological polar surface area (TPSA) is 12.0 Å². The maximum atomic E-state index is 13.5. The van der Waals surface area contributed by atoms with Crippen molar-refractivity contribution in [3.05, 3.63) is 34.9 Å². The number of benzene rings is 1. The van der Waals surface area contributed by atoms with Crippen LogP contribution in [-0.4, -0.2) is 19.0 Å². The van der Waals surface area contributed by atoms with Gasteiger partial charge in [-0.05, 0) is 37.1 Å². The largest absolute Gasteiger partial charge is 0.311 e. The minimum absolute atomic E-state index is 0.203. The van der Waals surface area contributed by atoms with E-state index in [-0.39, 0.29) is 6.54 Å². The molecule has 1 unspecified atom stereocenters. The Morgan fingerprint density at radius 1 is 1.31 bits per heavy atom. The molecule has 1 atom stereocenters. The summed E-state index contributed by atoms with van der Waals surface area (Å²) in [5, 5.41) is 3.37. The van der Waals surface area contributed by atoms with E-state index >= 15 is 0 Å². The lowest BCUT2D eigenvalue weighted by Gasteiger charge is -2.31. The van der Waals surface area contributed by atoms with Crippen LogP contribution in [0.5, 0.6) is 0 Å². The molecule has 1 aliphatic rings. The molecule has 16 heavy (non-hydrogen) atoms. The van der Waals surface area contributed by atoms with Crippen molar-refractivity contribution < 1.29 is 8.78 Å². The normalized spacial score (nSPS) is 24.3. The third-order valence-electron chi connectivity index (χ3n) is 3.02. The minimum atomic E-state index is -2.60. The minimum Gasteiger partial charge on any atom is -0.311 e. The third-order valence-corrected chi connectivity index (χ3v) is 3.27. The fourth-order valence-corrected chi connectivity index (χ4v) is 2.17. The average Bonchev–Trinajstić information content (AvgIpc) is 2.24. The van der Waals surface area contributed by atoms with Crippen LogP contribution in [0.1, 0.15) is 12.0 Å². The number of nitrogens with one attached hydrogen (secondary N) is 1. The summed E-state index contributed by atoms with van der Waals surface area (Å²) in [7, 11) is 0. The van der Waals surface area contributed by atoms with Crippen molar-refractivity contribution in [1.29, 1.82) is 0 Å². The molecular weight excluding hydrogens is 232 g/mol. The lowest BCUT2D eigenvalue weighted by atomic mass is 9.88. The van der Waals surface area contributed by atoms with E-state index in [9.17, 15) is 8.78 Å². The number of piperidine rings is 1. The van der Waals surface area contributed by atoms with E-state index < -0.39 is 11.8 Å². The van der Waals surface area contributed by atoms with Gasteiger partial charge in [0.15, 0.2) is 0 Å². The van der Waals surface area contributed by atoms with Gasteiger partial charge in [0, 0.05) is 10.9 Å². The van der Waals surface area contributed by atoms with Gasteiger partial charge in [-0.2, -0.15) is 0 Å². The van der Waals surface area contributed by atoms with Crippen LogP contribution in [0.25, 0.3) is 0 Å². The van der Waals surface area contributed by atoms with Gasteiger partial charge in [-0.15, -0.1) is 0 Å². The van der Waals surface area contributed by atoms with E-state index in [1.807, 2.05) is 12.1 Å². The molecule has 0 bridgehead atoms. The number of alkyl halides is 2. The molecule has 1 heterocycles. The van der Waals surface area contributed by atoms with Crippen LogP contribution < -0.4 is 5.32 Å². The van der Waals surface area contributed by atoms with Gasteiger partial charge < -0.3 is 5.32 Å². The number of halogens is 3. The average molecular weight is 246 g/mol. The van der Waals surface area contributed by atoms with Crippen molar-refractivity contribution in [3.63, 3.8) is 0 Å². The van der Waals surface area contributed by atoms with Gasteiger partial charge in [0.2, 0.25) is 0 Å². The van der Waals surface area contributed by atoms with Crippen LogP contribution in [0, 0.1) is 5.92 Å². The Hall–Kier alpha value is -0.670. The lowest BCUT2D eigenvalue weighted by Crippen LogP contribution is -2.46. The molecule has 1 aromatic carbocycles. The smallest absolute Gasteiger partial charge is 0.263 e. The fourth-order valence-electron chi connectivity index (χ4n) is 2.04. The Morgan fingerprint density at radius 3 is 2.62 bits per heavy atom. The quantitative estimate of drug-likeness (QED) is 0.844. The van der Waals surface area contributed by atoms with Crippen molar-refractivity contribution in [1.82, 2.24) is 5.32 Å². The summed E-state index contributed by atoms with van der Waals surface area (Å²) in [5.41, 5.74) is 0.927. The predicted octanol–water partition coefficient (Wildman–Crippen LogP) is 3.13. The molecule has 1 nitrogen and oxygen atoms in total. The van der Waals surface area contributed by atoms with Gasteiger partial charge in [-0.3, -0.25) is 0 Å². The van der Waals surface area contributed by atoms with Gasteiger partial charge in [0.05, 0.1) is 6.54 Å². The fraction of sp³-hybridized carbons (Fsp3) is 0.500. The lowest BCUT2D eigenvalue weighted by molar-refractivity contribution is -0.0727. The maximum absolute atomic E-state index is 13.5. The zero-order chi connectivity index (χ0) is 11.6. The van der Waals surface area contributed by atoms with E-state index in [4.69, 9.17) is 11.6 Å². The Kier molecular flexibility index (Phi) is 3.45.